The van der Waals surface area contributed by atoms with Crippen molar-refractivity contribution in [3.63, 3.8) is 0 Å². The van der Waals surface area contributed by atoms with Gasteiger partial charge in [0.15, 0.2) is 23.3 Å². The van der Waals surface area contributed by atoms with E-state index in [-0.39, 0.29) is 0 Å². The zero-order chi connectivity index (χ0) is 74.9. The van der Waals surface area contributed by atoms with Crippen LogP contribution in [0.3, 0.4) is 0 Å². The highest BCUT2D eigenvalue weighted by Crippen LogP contribution is 2.48. The van der Waals surface area contributed by atoms with Crippen molar-refractivity contribution in [2.45, 2.75) is 0 Å². The quantitative estimate of drug-likeness (QED) is 0.113. The zero-order valence-corrected chi connectivity index (χ0v) is 62.0. The Balaban J connectivity index is 0.603. The Hall–Kier alpha value is -15.2. The summed E-state index contributed by atoms with van der Waals surface area (Å²) in [5.41, 5.74) is 24.3. The van der Waals surface area contributed by atoms with E-state index in [9.17, 15) is 0 Å². The lowest BCUT2D eigenvalue weighted by atomic mass is 10.0. The van der Waals surface area contributed by atoms with Gasteiger partial charge in [0.05, 0.1) is 49.9 Å². The van der Waals surface area contributed by atoms with Crippen LogP contribution < -0.4 is 4.90 Å². The first-order valence-corrected chi connectivity index (χ1v) is 39.2. The minimum atomic E-state index is 0.595. The van der Waals surface area contributed by atoms with Crippen LogP contribution >= 0.6 is 11.3 Å². The Kier molecular flexibility index (Phi) is 14.9. The van der Waals surface area contributed by atoms with Crippen molar-refractivity contribution in [3.05, 3.63) is 382 Å². The average molecular weight is 1470 g/mol. The molecule has 532 valence electrons. The largest absolute Gasteiger partial charge is 0.455 e. The molecular formula is C103H63N9OS. The van der Waals surface area contributed by atoms with Gasteiger partial charge in [0.25, 0.3) is 0 Å². The van der Waals surface area contributed by atoms with E-state index < -0.39 is 0 Å². The lowest BCUT2D eigenvalue weighted by Gasteiger charge is -2.26. The van der Waals surface area contributed by atoms with E-state index in [4.69, 9.17) is 29.3 Å². The molecule has 7 aromatic heterocycles. The summed E-state index contributed by atoms with van der Waals surface area (Å²) in [6.07, 6.45) is 0. The number of fused-ring (bicyclic) bond motifs is 16. The molecule has 0 spiro atoms. The Morgan fingerprint density at radius 1 is 0.228 bits per heavy atom. The third kappa shape index (κ3) is 10.7. The minimum Gasteiger partial charge on any atom is -0.455 e. The maximum absolute atomic E-state index is 7.25. The average Bonchev–Trinajstić information content (AvgIpc) is 1.56. The fourth-order valence-corrected chi connectivity index (χ4v) is 18.3. The number of para-hydroxylation sites is 4. The van der Waals surface area contributed by atoms with E-state index >= 15 is 0 Å². The van der Waals surface area contributed by atoms with Crippen LogP contribution in [0.15, 0.2) is 387 Å². The van der Waals surface area contributed by atoms with Crippen molar-refractivity contribution >= 4 is 136 Å². The van der Waals surface area contributed by atoms with Gasteiger partial charge in [-0.05, 0) is 145 Å². The van der Waals surface area contributed by atoms with Crippen LogP contribution in [0.5, 0.6) is 0 Å². The van der Waals surface area contributed by atoms with Crippen LogP contribution in [0.1, 0.15) is 0 Å². The van der Waals surface area contributed by atoms with Gasteiger partial charge in [-0.15, -0.1) is 11.3 Å². The van der Waals surface area contributed by atoms with Crippen molar-refractivity contribution in [1.82, 2.24) is 38.6 Å². The second-order valence-electron chi connectivity index (χ2n) is 29.1. The molecule has 114 heavy (non-hydrogen) atoms. The second-order valence-corrected chi connectivity index (χ2v) is 30.2. The summed E-state index contributed by atoms with van der Waals surface area (Å²) < 4.78 is 16.9. The Labute approximate surface area is 657 Å². The normalized spacial score (nSPS) is 11.9. The van der Waals surface area contributed by atoms with Gasteiger partial charge in [-0.1, -0.05) is 243 Å². The lowest BCUT2D eigenvalue weighted by molar-refractivity contribution is 0.673. The standard InChI is InChI=1S/C103H63N9OS/c1-7-25-64(26-8-1)87-61-88(105-100(104-87)66-27-9-2-10-28-66)65-45-48-74(49-46-65)110-89-43-21-19-41-78(89)83-59-85-86-60-84-79-51-47-70(57-92(79)111(73-37-17-6-18-38-73)94(84)63-97(86)114-96(85)62-93(83)110)69-33-23-39-75(55-69)109(72-35-15-5-16-36-72)77-50-52-80-81-53-54-91-98(99(81)113-95(80)58-77)82-42-20-22-44-90(82)112(91)76-40-24-34-71(56-76)103-107-101(67-29-11-3-12-30-67)106-102(108-103)68-31-13-4-14-32-68/h1-63H. The number of nitrogens with zero attached hydrogens (tertiary/aromatic N) is 9. The molecule has 0 aliphatic carbocycles. The van der Waals surface area contributed by atoms with Crippen LogP contribution in [-0.2, 0) is 0 Å². The first kappa shape index (κ1) is 64.8. The van der Waals surface area contributed by atoms with Gasteiger partial charge in [0.2, 0.25) is 0 Å². The number of hydrogen-bond acceptors (Lipinski definition) is 8. The number of aromatic nitrogens is 8. The molecule has 0 unspecified atom stereocenters. The minimum absolute atomic E-state index is 0.595. The van der Waals surface area contributed by atoms with Gasteiger partial charge in [0.1, 0.15) is 11.2 Å². The third-order valence-corrected chi connectivity index (χ3v) is 23.6. The molecule has 23 aromatic rings. The number of furan rings is 1. The highest BCUT2D eigenvalue weighted by molar-refractivity contribution is 7.26. The molecule has 23 rings (SSSR count). The summed E-state index contributed by atoms with van der Waals surface area (Å²) in [6.45, 7) is 0. The maximum atomic E-state index is 7.25. The van der Waals surface area contributed by atoms with E-state index in [1.165, 1.54) is 47.2 Å². The lowest BCUT2D eigenvalue weighted by Crippen LogP contribution is -2.09. The van der Waals surface area contributed by atoms with Crippen LogP contribution in [0.4, 0.5) is 17.1 Å². The molecule has 7 heterocycles. The van der Waals surface area contributed by atoms with E-state index in [0.717, 1.165) is 150 Å². The molecule has 0 radical (unpaired) electrons. The second kappa shape index (κ2) is 26.3. The number of thiophene rings is 1. The summed E-state index contributed by atoms with van der Waals surface area (Å²) in [5, 5.41) is 11.6. The predicted molar refractivity (Wildman–Crippen MR) is 471 cm³/mol. The predicted octanol–water partition coefficient (Wildman–Crippen LogP) is 27.4. The first-order valence-electron chi connectivity index (χ1n) is 38.3. The summed E-state index contributed by atoms with van der Waals surface area (Å²) in [4.78, 5) is 27.8. The van der Waals surface area contributed by atoms with Crippen molar-refractivity contribution in [3.8, 4) is 96.3 Å². The molecule has 0 saturated carbocycles. The Morgan fingerprint density at radius 3 is 1.31 bits per heavy atom. The van der Waals surface area contributed by atoms with Gasteiger partial charge in [-0.25, -0.2) is 24.9 Å². The summed E-state index contributed by atoms with van der Waals surface area (Å²) in [6, 6.07) is 136. The first-order chi connectivity index (χ1) is 56.5. The molecule has 0 aliphatic heterocycles. The van der Waals surface area contributed by atoms with E-state index in [2.05, 4.69) is 316 Å². The smallest absolute Gasteiger partial charge is 0.164 e. The van der Waals surface area contributed by atoms with Gasteiger partial charge < -0.3 is 23.0 Å². The number of anilines is 3. The summed E-state index contributed by atoms with van der Waals surface area (Å²) in [7, 11) is 0. The van der Waals surface area contributed by atoms with Gasteiger partial charge in [0, 0.05) is 131 Å². The van der Waals surface area contributed by atoms with Crippen molar-refractivity contribution in [2.75, 3.05) is 4.90 Å². The summed E-state index contributed by atoms with van der Waals surface area (Å²) >= 11 is 1.86. The zero-order valence-electron chi connectivity index (χ0n) is 61.2. The molecule has 16 aromatic carbocycles. The molecule has 0 bridgehead atoms. The SMILES string of the molecule is c1ccc(-c2cc(-c3ccc(-n4c5ccccc5c5cc6c(cc54)sc4cc5c(cc46)c4ccc(-c6cccc(N(c7ccccc7)c7ccc8c(c7)oc7c8ccc8c7c7ccccc7n8-c7cccc(-c8nc(-c9ccccc9)nc(-c9ccccc9)n8)c7)c6)cc4n5-c4ccccc4)cc3)nc(-c3ccccc3)n2)cc1. The van der Waals surface area contributed by atoms with Crippen LogP contribution in [0, 0.1) is 0 Å². The van der Waals surface area contributed by atoms with Gasteiger partial charge >= 0.3 is 0 Å². The maximum Gasteiger partial charge on any atom is 0.164 e. The number of benzene rings is 16. The monoisotopic (exact) mass is 1470 g/mol. The highest BCUT2D eigenvalue weighted by atomic mass is 32.1. The fourth-order valence-electron chi connectivity index (χ4n) is 17.2. The highest BCUT2D eigenvalue weighted by Gasteiger charge is 2.25. The Bertz CT molecular complexity index is 7650. The summed E-state index contributed by atoms with van der Waals surface area (Å²) in [5.74, 6) is 2.53. The molecule has 0 N–H and O–H groups in total. The van der Waals surface area contributed by atoms with Crippen LogP contribution in [0.2, 0.25) is 0 Å². The van der Waals surface area contributed by atoms with Crippen molar-refractivity contribution in [2.24, 2.45) is 0 Å². The number of rotatable bonds is 13. The molecule has 0 saturated heterocycles. The van der Waals surface area contributed by atoms with E-state index in [1.807, 2.05) is 96.3 Å². The van der Waals surface area contributed by atoms with Gasteiger partial charge in [-0.2, -0.15) is 0 Å². The molecular weight excluding hydrogens is 1410 g/mol. The third-order valence-electron chi connectivity index (χ3n) is 22.4. The van der Waals surface area contributed by atoms with E-state index in [0.29, 0.717) is 23.3 Å². The van der Waals surface area contributed by atoms with Crippen LogP contribution in [-0.4, -0.2) is 38.6 Å². The molecule has 0 atom stereocenters. The fraction of sp³-hybridized carbons (Fsp3) is 0. The number of hydrogen-bond donors (Lipinski definition) is 0. The molecule has 10 nitrogen and oxygen atoms in total. The van der Waals surface area contributed by atoms with Crippen LogP contribution in [0.25, 0.3) is 204 Å². The molecule has 0 amide bonds. The Morgan fingerprint density at radius 2 is 0.658 bits per heavy atom. The molecule has 11 heteroatoms. The van der Waals surface area contributed by atoms with Gasteiger partial charge in [-0.3, -0.25) is 0 Å². The molecule has 0 fully saturated rings. The van der Waals surface area contributed by atoms with Crippen molar-refractivity contribution in [1.29, 1.82) is 0 Å². The topological polar surface area (TPSA) is 95.6 Å². The van der Waals surface area contributed by atoms with E-state index in [1.54, 1.807) is 0 Å². The molecule has 0 aliphatic rings. The van der Waals surface area contributed by atoms with Crippen molar-refractivity contribution < 1.29 is 4.42 Å².